The summed E-state index contributed by atoms with van der Waals surface area (Å²) in [4.78, 5) is 24.6. The van der Waals surface area contributed by atoms with Crippen LogP contribution in [0.3, 0.4) is 0 Å². The van der Waals surface area contributed by atoms with Crippen LogP contribution in [0.15, 0.2) is 35.3 Å². The molecule has 5 rings (SSSR count). The van der Waals surface area contributed by atoms with Gasteiger partial charge in [-0.15, -0.1) is 0 Å². The SMILES string of the molecule is CC(=O)c1nc2c(F)cc(-c3nc(N[C@@H]4CCOC[C@H]4O)ncc3F)cn2c1-c1ccsc1. The quantitative estimate of drug-likeness (QED) is 0.429. The summed E-state index contributed by atoms with van der Waals surface area (Å²) in [5.74, 6) is -1.67. The number of nitrogens with one attached hydrogen (secondary N) is 1. The number of anilines is 1. The van der Waals surface area contributed by atoms with Gasteiger partial charge in [0.1, 0.15) is 11.4 Å². The van der Waals surface area contributed by atoms with E-state index in [9.17, 15) is 14.3 Å². The third-order valence-electron chi connectivity index (χ3n) is 5.46. The molecule has 0 amide bonds. The Bertz CT molecular complexity index is 1340. The van der Waals surface area contributed by atoms with Crippen molar-refractivity contribution in [3.8, 4) is 22.5 Å². The van der Waals surface area contributed by atoms with Crippen molar-refractivity contribution in [2.45, 2.75) is 25.5 Å². The lowest BCUT2D eigenvalue weighted by molar-refractivity contribution is -0.0136. The van der Waals surface area contributed by atoms with Gasteiger partial charge in [0.25, 0.3) is 0 Å². The second-order valence-electron chi connectivity index (χ2n) is 7.72. The molecule has 4 aromatic heterocycles. The predicted octanol–water partition coefficient (Wildman–Crippen LogP) is 3.56. The van der Waals surface area contributed by atoms with Crippen LogP contribution in [-0.4, -0.2) is 55.6 Å². The maximum absolute atomic E-state index is 15.1. The zero-order valence-corrected chi connectivity index (χ0v) is 18.3. The van der Waals surface area contributed by atoms with Gasteiger partial charge in [-0.3, -0.25) is 9.20 Å². The Morgan fingerprint density at radius 1 is 1.30 bits per heavy atom. The van der Waals surface area contributed by atoms with Gasteiger partial charge in [-0.05, 0) is 23.9 Å². The van der Waals surface area contributed by atoms with Crippen LogP contribution in [0.1, 0.15) is 23.8 Å². The van der Waals surface area contributed by atoms with Gasteiger partial charge >= 0.3 is 0 Å². The zero-order chi connectivity index (χ0) is 23.1. The van der Waals surface area contributed by atoms with Crippen molar-refractivity contribution in [2.75, 3.05) is 18.5 Å². The van der Waals surface area contributed by atoms with Crippen LogP contribution in [0.25, 0.3) is 28.2 Å². The van der Waals surface area contributed by atoms with E-state index in [-0.39, 0.29) is 47.0 Å². The standard InChI is InChI=1S/C22H19F2N5O3S/c1-11(30)18-20(12-3-5-33-10-12)29-8-13(6-14(23)21(29)27-18)19-15(24)7-25-22(28-19)26-16-2-4-32-9-17(16)31/h3,5-8,10,16-17,31H,2,4,9H2,1H3,(H,25,26,28)/t16-,17-/m1/s1. The number of Topliss-reactive ketones (excluding diaryl/α,β-unsaturated/α-hetero) is 1. The number of imidazole rings is 1. The number of carbonyl (C=O) groups is 1. The van der Waals surface area contributed by atoms with E-state index in [4.69, 9.17) is 4.74 Å². The van der Waals surface area contributed by atoms with E-state index in [1.54, 1.807) is 6.07 Å². The van der Waals surface area contributed by atoms with Crippen LogP contribution >= 0.6 is 11.3 Å². The molecule has 2 N–H and O–H groups in total. The van der Waals surface area contributed by atoms with Crippen LogP contribution in [0.5, 0.6) is 0 Å². The number of aliphatic hydroxyl groups is 1. The number of fused-ring (bicyclic) bond motifs is 1. The number of pyridine rings is 1. The molecule has 0 radical (unpaired) electrons. The summed E-state index contributed by atoms with van der Waals surface area (Å²) in [7, 11) is 0. The van der Waals surface area contributed by atoms with Crippen molar-refractivity contribution in [3.05, 3.63) is 52.6 Å². The molecule has 8 nitrogen and oxygen atoms in total. The van der Waals surface area contributed by atoms with E-state index in [0.29, 0.717) is 24.3 Å². The van der Waals surface area contributed by atoms with E-state index >= 15 is 4.39 Å². The Kier molecular flexibility index (Phi) is 5.60. The number of hydrogen-bond donors (Lipinski definition) is 2. The highest BCUT2D eigenvalue weighted by molar-refractivity contribution is 7.08. The second-order valence-corrected chi connectivity index (χ2v) is 8.50. The molecule has 5 heterocycles. The average Bonchev–Trinajstić information content (AvgIpc) is 3.44. The molecule has 0 aromatic carbocycles. The summed E-state index contributed by atoms with van der Waals surface area (Å²) in [6, 6.07) is 2.58. The fraction of sp³-hybridized carbons (Fsp3) is 0.273. The fourth-order valence-corrected chi connectivity index (χ4v) is 4.49. The molecule has 1 aliphatic rings. The number of ketones is 1. The summed E-state index contributed by atoms with van der Waals surface area (Å²) < 4.78 is 36.5. The minimum atomic E-state index is -0.756. The molecule has 0 aliphatic carbocycles. The largest absolute Gasteiger partial charge is 0.389 e. The molecular weight excluding hydrogens is 452 g/mol. The topological polar surface area (TPSA) is 102 Å². The highest BCUT2D eigenvalue weighted by atomic mass is 32.1. The molecule has 1 fully saturated rings. The molecule has 1 aliphatic heterocycles. The average molecular weight is 471 g/mol. The van der Waals surface area contributed by atoms with Crippen LogP contribution < -0.4 is 5.32 Å². The first-order valence-electron chi connectivity index (χ1n) is 10.2. The fourth-order valence-electron chi connectivity index (χ4n) is 3.85. The number of ether oxygens (including phenoxy) is 1. The van der Waals surface area contributed by atoms with Crippen molar-refractivity contribution in [3.63, 3.8) is 0 Å². The van der Waals surface area contributed by atoms with E-state index in [2.05, 4.69) is 20.3 Å². The Balaban J connectivity index is 1.62. The van der Waals surface area contributed by atoms with E-state index in [0.717, 1.165) is 12.3 Å². The first kappa shape index (κ1) is 21.6. The van der Waals surface area contributed by atoms with Crippen molar-refractivity contribution in [1.82, 2.24) is 19.4 Å². The first-order chi connectivity index (χ1) is 15.9. The van der Waals surface area contributed by atoms with Gasteiger partial charge in [-0.2, -0.15) is 11.3 Å². The molecule has 1 saturated heterocycles. The second kappa shape index (κ2) is 8.58. The van der Waals surface area contributed by atoms with Crippen molar-refractivity contribution < 1.29 is 23.4 Å². The smallest absolute Gasteiger partial charge is 0.223 e. The number of carbonyl (C=O) groups excluding carboxylic acids is 1. The predicted molar refractivity (Wildman–Crippen MR) is 118 cm³/mol. The number of hydrogen-bond acceptors (Lipinski definition) is 8. The van der Waals surface area contributed by atoms with Crippen LogP contribution in [0.4, 0.5) is 14.7 Å². The molecule has 2 atom stereocenters. The highest BCUT2D eigenvalue weighted by Gasteiger charge is 2.25. The molecule has 0 unspecified atom stereocenters. The number of halogens is 2. The molecule has 4 aromatic rings. The van der Waals surface area contributed by atoms with E-state index in [1.165, 1.54) is 28.9 Å². The van der Waals surface area contributed by atoms with Gasteiger partial charge in [0.15, 0.2) is 23.1 Å². The van der Waals surface area contributed by atoms with Gasteiger partial charge < -0.3 is 15.2 Å². The van der Waals surface area contributed by atoms with Crippen molar-refractivity contribution >= 4 is 28.7 Å². The molecule has 170 valence electrons. The van der Waals surface area contributed by atoms with Gasteiger partial charge in [-0.25, -0.2) is 23.7 Å². The Labute approximate surface area is 190 Å². The highest BCUT2D eigenvalue weighted by Crippen LogP contribution is 2.31. The lowest BCUT2D eigenvalue weighted by Crippen LogP contribution is -2.42. The van der Waals surface area contributed by atoms with Gasteiger partial charge in [0, 0.05) is 36.2 Å². The third kappa shape index (κ3) is 3.99. The van der Waals surface area contributed by atoms with E-state index in [1.807, 2.05) is 10.8 Å². The molecule has 11 heteroatoms. The summed E-state index contributed by atoms with van der Waals surface area (Å²) in [5.41, 5.74) is 1.25. The zero-order valence-electron chi connectivity index (χ0n) is 17.5. The molecule has 0 bridgehead atoms. The lowest BCUT2D eigenvalue weighted by atomic mass is 10.1. The maximum Gasteiger partial charge on any atom is 0.223 e. The number of nitrogens with zero attached hydrogens (tertiary/aromatic N) is 4. The number of rotatable bonds is 5. The Morgan fingerprint density at radius 3 is 2.88 bits per heavy atom. The molecule has 0 saturated carbocycles. The first-order valence-corrected chi connectivity index (χ1v) is 11.2. The lowest BCUT2D eigenvalue weighted by Gasteiger charge is -2.28. The summed E-state index contributed by atoms with van der Waals surface area (Å²) in [6.45, 7) is 2.01. The molecular formula is C22H19F2N5O3S. The maximum atomic E-state index is 15.1. The Morgan fingerprint density at radius 2 is 2.15 bits per heavy atom. The van der Waals surface area contributed by atoms with Crippen LogP contribution in [0.2, 0.25) is 0 Å². The summed E-state index contributed by atoms with van der Waals surface area (Å²) >= 11 is 1.43. The minimum absolute atomic E-state index is 0.0386. The molecule has 0 spiro atoms. The summed E-state index contributed by atoms with van der Waals surface area (Å²) in [6.07, 6.45) is 2.27. The van der Waals surface area contributed by atoms with Crippen molar-refractivity contribution in [1.29, 1.82) is 0 Å². The van der Waals surface area contributed by atoms with Gasteiger partial charge in [0.05, 0.1) is 30.6 Å². The monoisotopic (exact) mass is 471 g/mol. The molecule has 33 heavy (non-hydrogen) atoms. The number of aliphatic hydroxyl groups excluding tert-OH is 1. The van der Waals surface area contributed by atoms with Gasteiger partial charge in [-0.1, -0.05) is 0 Å². The van der Waals surface area contributed by atoms with Crippen molar-refractivity contribution in [2.24, 2.45) is 0 Å². The Hall–Kier alpha value is -3.28. The van der Waals surface area contributed by atoms with Gasteiger partial charge in [0.2, 0.25) is 5.95 Å². The minimum Gasteiger partial charge on any atom is -0.389 e. The normalized spacial score (nSPS) is 18.5. The number of aromatic nitrogens is 4. The van der Waals surface area contributed by atoms with Crippen LogP contribution in [-0.2, 0) is 4.74 Å². The summed E-state index contributed by atoms with van der Waals surface area (Å²) in [5, 5.41) is 16.8. The number of thiophene rings is 1. The third-order valence-corrected chi connectivity index (χ3v) is 6.14. The van der Waals surface area contributed by atoms with Crippen LogP contribution in [0, 0.1) is 11.6 Å². The van der Waals surface area contributed by atoms with E-state index < -0.39 is 17.7 Å².